The van der Waals surface area contributed by atoms with Gasteiger partial charge in [0.25, 0.3) is 0 Å². The number of phenolic OH excluding ortho intramolecular Hbond substituents is 2. The van der Waals surface area contributed by atoms with Crippen LogP contribution >= 0.6 is 31.9 Å². The van der Waals surface area contributed by atoms with Gasteiger partial charge < -0.3 is 29.2 Å². The average Bonchev–Trinajstić information content (AvgIpc) is 2.81. The minimum absolute atomic E-state index is 0.0338. The molecule has 0 radical (unpaired) electrons. The van der Waals surface area contributed by atoms with Crippen molar-refractivity contribution in [3.05, 3.63) is 45.3 Å². The molecule has 4 aromatic carbocycles. The second kappa shape index (κ2) is 8.60. The summed E-state index contributed by atoms with van der Waals surface area (Å²) in [5.74, 6) is 2.13. The van der Waals surface area contributed by atoms with Crippen molar-refractivity contribution in [3.63, 3.8) is 0 Å². The Balaban J connectivity index is 2.14. The van der Waals surface area contributed by atoms with Crippen LogP contribution in [0.3, 0.4) is 0 Å². The number of fused-ring (bicyclic) bond motifs is 2. The van der Waals surface area contributed by atoms with Crippen LogP contribution in [0.25, 0.3) is 32.7 Å². The van der Waals surface area contributed by atoms with Crippen molar-refractivity contribution in [3.8, 4) is 45.6 Å². The molecule has 0 atom stereocenters. The Bertz CT molecular complexity index is 1260. The fraction of sp³-hybridized carbons (Fsp3) is 0.167. The highest BCUT2D eigenvalue weighted by Gasteiger charge is 2.23. The normalized spacial score (nSPS) is 11.1. The molecule has 0 saturated heterocycles. The summed E-state index contributed by atoms with van der Waals surface area (Å²) in [6.07, 6.45) is 0. The Morgan fingerprint density at radius 1 is 0.594 bits per heavy atom. The quantitative estimate of drug-likeness (QED) is 0.284. The van der Waals surface area contributed by atoms with Gasteiger partial charge >= 0.3 is 0 Å². The molecular weight excluding hydrogens is 544 g/mol. The number of halogens is 2. The van der Waals surface area contributed by atoms with E-state index in [-0.39, 0.29) is 11.5 Å². The SMILES string of the molecule is COc1cc(Br)c(O)c2c(OC)c(-c3ccc4c(OC)cc(Br)c(O)c4c3OC)ccc12. The summed E-state index contributed by atoms with van der Waals surface area (Å²) >= 11 is 6.77. The predicted molar refractivity (Wildman–Crippen MR) is 132 cm³/mol. The zero-order chi connectivity index (χ0) is 23.2. The van der Waals surface area contributed by atoms with E-state index in [0.29, 0.717) is 64.6 Å². The number of rotatable bonds is 5. The predicted octanol–water partition coefficient (Wildman–Crippen LogP) is 6.63. The van der Waals surface area contributed by atoms with E-state index in [0.717, 1.165) is 0 Å². The lowest BCUT2D eigenvalue weighted by molar-refractivity contribution is 0.407. The van der Waals surface area contributed by atoms with Gasteiger partial charge in [0.15, 0.2) is 0 Å². The first kappa shape index (κ1) is 22.4. The molecule has 166 valence electrons. The lowest BCUT2D eigenvalue weighted by Crippen LogP contribution is -1.96. The molecule has 0 amide bonds. The van der Waals surface area contributed by atoms with Crippen molar-refractivity contribution < 1.29 is 29.2 Å². The molecule has 0 aromatic heterocycles. The lowest BCUT2D eigenvalue weighted by atomic mass is 9.95. The third-order valence-corrected chi connectivity index (χ3v) is 6.64. The first-order valence-electron chi connectivity index (χ1n) is 9.50. The Labute approximate surface area is 201 Å². The molecule has 4 rings (SSSR count). The fourth-order valence-corrected chi connectivity index (χ4v) is 4.81. The van der Waals surface area contributed by atoms with Crippen LogP contribution in [0.5, 0.6) is 34.5 Å². The summed E-state index contributed by atoms with van der Waals surface area (Å²) in [6, 6.07) is 10.8. The molecular formula is C24H20Br2O6. The zero-order valence-electron chi connectivity index (χ0n) is 17.7. The van der Waals surface area contributed by atoms with Crippen LogP contribution in [-0.2, 0) is 0 Å². The van der Waals surface area contributed by atoms with E-state index in [1.54, 1.807) is 26.4 Å². The van der Waals surface area contributed by atoms with Crippen LogP contribution < -0.4 is 18.9 Å². The number of hydrogen-bond acceptors (Lipinski definition) is 6. The van der Waals surface area contributed by atoms with Crippen LogP contribution in [0, 0.1) is 0 Å². The average molecular weight is 564 g/mol. The van der Waals surface area contributed by atoms with Gasteiger partial charge in [0, 0.05) is 21.9 Å². The Hall–Kier alpha value is -2.84. The topological polar surface area (TPSA) is 77.4 Å². The van der Waals surface area contributed by atoms with E-state index in [1.807, 2.05) is 24.3 Å². The summed E-state index contributed by atoms with van der Waals surface area (Å²) in [5, 5.41) is 24.0. The molecule has 32 heavy (non-hydrogen) atoms. The van der Waals surface area contributed by atoms with E-state index >= 15 is 0 Å². The molecule has 4 aromatic rings. The molecule has 0 saturated carbocycles. The van der Waals surface area contributed by atoms with E-state index in [9.17, 15) is 10.2 Å². The highest BCUT2D eigenvalue weighted by Crippen LogP contribution is 2.52. The summed E-state index contributed by atoms with van der Waals surface area (Å²) in [6.45, 7) is 0. The van der Waals surface area contributed by atoms with Crippen LogP contribution in [-0.4, -0.2) is 38.7 Å². The second-order valence-corrected chi connectivity index (χ2v) is 8.67. The van der Waals surface area contributed by atoms with Gasteiger partial charge in [-0.2, -0.15) is 0 Å². The Morgan fingerprint density at radius 2 is 0.969 bits per heavy atom. The number of ether oxygens (including phenoxy) is 4. The van der Waals surface area contributed by atoms with Gasteiger partial charge in [-0.05, 0) is 68.3 Å². The highest BCUT2D eigenvalue weighted by molar-refractivity contribution is 9.11. The van der Waals surface area contributed by atoms with Crippen molar-refractivity contribution >= 4 is 53.4 Å². The molecule has 0 aliphatic carbocycles. The van der Waals surface area contributed by atoms with Crippen molar-refractivity contribution in [1.82, 2.24) is 0 Å². The first-order chi connectivity index (χ1) is 15.4. The molecule has 0 aliphatic heterocycles. The van der Waals surface area contributed by atoms with E-state index in [4.69, 9.17) is 18.9 Å². The van der Waals surface area contributed by atoms with Gasteiger partial charge in [0.05, 0.1) is 48.2 Å². The molecule has 0 aliphatic rings. The molecule has 8 heteroatoms. The third kappa shape index (κ3) is 3.29. The summed E-state index contributed by atoms with van der Waals surface area (Å²) in [7, 11) is 6.21. The van der Waals surface area contributed by atoms with Gasteiger partial charge in [-0.25, -0.2) is 0 Å². The van der Waals surface area contributed by atoms with Gasteiger partial charge in [0.2, 0.25) is 0 Å². The maximum Gasteiger partial charge on any atom is 0.141 e. The van der Waals surface area contributed by atoms with Crippen molar-refractivity contribution in [2.24, 2.45) is 0 Å². The standard InChI is InChI=1S/C24H20Br2O6/c1-29-17-9-15(25)21(27)19-13(17)7-5-11(23(19)31-3)12-6-8-14-18(30-2)10-16(26)22(28)20(14)24(12)32-4/h5-10,27-28H,1-4H3. The zero-order valence-corrected chi connectivity index (χ0v) is 20.9. The van der Waals surface area contributed by atoms with Crippen molar-refractivity contribution in [1.29, 1.82) is 0 Å². The second-order valence-electron chi connectivity index (χ2n) is 6.96. The van der Waals surface area contributed by atoms with Crippen molar-refractivity contribution in [2.45, 2.75) is 0 Å². The molecule has 0 fully saturated rings. The Morgan fingerprint density at radius 3 is 1.28 bits per heavy atom. The largest absolute Gasteiger partial charge is 0.506 e. The number of aromatic hydroxyl groups is 2. The number of hydrogen-bond donors (Lipinski definition) is 2. The summed E-state index contributed by atoms with van der Waals surface area (Å²) < 4.78 is 23.5. The Kier molecular flexibility index (Phi) is 6.01. The molecule has 0 heterocycles. The number of methoxy groups -OCH3 is 4. The first-order valence-corrected chi connectivity index (χ1v) is 11.1. The molecule has 0 unspecified atom stereocenters. The molecule has 0 spiro atoms. The summed E-state index contributed by atoms with van der Waals surface area (Å²) in [5.41, 5.74) is 1.35. The number of benzene rings is 4. The monoisotopic (exact) mass is 562 g/mol. The fourth-order valence-electron chi connectivity index (χ4n) is 3.99. The van der Waals surface area contributed by atoms with Gasteiger partial charge in [-0.3, -0.25) is 0 Å². The summed E-state index contributed by atoms with van der Waals surface area (Å²) in [4.78, 5) is 0. The highest BCUT2D eigenvalue weighted by atomic mass is 79.9. The van der Waals surface area contributed by atoms with Crippen LogP contribution in [0.4, 0.5) is 0 Å². The van der Waals surface area contributed by atoms with Gasteiger partial charge in [-0.1, -0.05) is 0 Å². The minimum Gasteiger partial charge on any atom is -0.506 e. The van der Waals surface area contributed by atoms with E-state index in [2.05, 4.69) is 31.9 Å². The number of phenols is 2. The van der Waals surface area contributed by atoms with Crippen LogP contribution in [0.15, 0.2) is 45.3 Å². The maximum atomic E-state index is 10.8. The van der Waals surface area contributed by atoms with Crippen molar-refractivity contribution in [2.75, 3.05) is 28.4 Å². The van der Waals surface area contributed by atoms with Crippen LogP contribution in [0.2, 0.25) is 0 Å². The molecule has 6 nitrogen and oxygen atoms in total. The third-order valence-electron chi connectivity index (χ3n) is 5.43. The van der Waals surface area contributed by atoms with E-state index in [1.165, 1.54) is 14.2 Å². The lowest BCUT2D eigenvalue weighted by Gasteiger charge is -2.19. The smallest absolute Gasteiger partial charge is 0.141 e. The van der Waals surface area contributed by atoms with Crippen LogP contribution in [0.1, 0.15) is 0 Å². The minimum atomic E-state index is 0.0338. The molecule has 0 bridgehead atoms. The van der Waals surface area contributed by atoms with E-state index < -0.39 is 0 Å². The van der Waals surface area contributed by atoms with Gasteiger partial charge in [0.1, 0.15) is 34.5 Å². The maximum absolute atomic E-state index is 10.8. The molecule has 2 N–H and O–H groups in total. The van der Waals surface area contributed by atoms with Gasteiger partial charge in [-0.15, -0.1) is 0 Å².